The van der Waals surface area contributed by atoms with Crippen LogP contribution < -0.4 is 5.56 Å². The monoisotopic (exact) mass is 354 g/mol. The molecule has 2 heterocycles. The molecule has 6 nitrogen and oxygen atoms in total. The fourth-order valence-corrected chi connectivity index (χ4v) is 3.08. The van der Waals surface area contributed by atoms with E-state index in [4.69, 9.17) is 12.2 Å². The molecule has 0 spiro atoms. The topological polar surface area (TPSA) is 72.4 Å². The average molecular weight is 354 g/mol. The summed E-state index contributed by atoms with van der Waals surface area (Å²) in [5.74, 6) is -0.167. The van der Waals surface area contributed by atoms with Gasteiger partial charge >= 0.3 is 0 Å². The summed E-state index contributed by atoms with van der Waals surface area (Å²) in [5, 5.41) is 11.4. The van der Waals surface area contributed by atoms with E-state index >= 15 is 0 Å². The van der Waals surface area contributed by atoms with Crippen molar-refractivity contribution in [3.8, 4) is 5.88 Å². The summed E-state index contributed by atoms with van der Waals surface area (Å²) in [5.41, 5.74) is 1.24. The number of rotatable bonds is 4. The zero-order valence-electron chi connectivity index (χ0n) is 14.0. The van der Waals surface area contributed by atoms with Crippen LogP contribution in [0.25, 0.3) is 10.9 Å². The zero-order chi connectivity index (χ0) is 18.0. The molecule has 128 valence electrons. The molecular weight excluding hydrogens is 336 g/mol. The van der Waals surface area contributed by atoms with Crippen LogP contribution >= 0.6 is 12.2 Å². The van der Waals surface area contributed by atoms with Crippen molar-refractivity contribution in [2.75, 3.05) is 0 Å². The van der Waals surface area contributed by atoms with Gasteiger partial charge in [0.25, 0.3) is 5.56 Å². The van der Waals surface area contributed by atoms with Gasteiger partial charge in [0, 0.05) is 24.7 Å². The molecule has 25 heavy (non-hydrogen) atoms. The second-order valence-corrected chi connectivity index (χ2v) is 5.82. The van der Waals surface area contributed by atoms with Crippen molar-refractivity contribution in [3.63, 3.8) is 0 Å². The SMILES string of the molecule is CCn1c(O)c(C=Nc2cnc3ccccc3c2)c(=O)n(CC)c1=S. The number of benzene rings is 1. The van der Waals surface area contributed by atoms with E-state index in [1.807, 2.05) is 44.2 Å². The largest absolute Gasteiger partial charge is 0.494 e. The van der Waals surface area contributed by atoms with Crippen LogP contribution in [-0.2, 0) is 13.1 Å². The summed E-state index contributed by atoms with van der Waals surface area (Å²) >= 11 is 5.27. The van der Waals surface area contributed by atoms with Gasteiger partial charge in [-0.3, -0.25) is 23.9 Å². The minimum Gasteiger partial charge on any atom is -0.494 e. The lowest BCUT2D eigenvalue weighted by Crippen LogP contribution is -2.27. The lowest BCUT2D eigenvalue weighted by molar-refractivity contribution is 0.399. The third-order valence-electron chi connectivity index (χ3n) is 3.99. The molecule has 0 unspecified atom stereocenters. The molecule has 0 bridgehead atoms. The first-order valence-electron chi connectivity index (χ1n) is 8.02. The molecule has 0 atom stereocenters. The van der Waals surface area contributed by atoms with Gasteiger partial charge in [-0.1, -0.05) is 18.2 Å². The number of fused-ring (bicyclic) bond motifs is 1. The molecule has 0 saturated heterocycles. The molecule has 1 N–H and O–H groups in total. The maximum absolute atomic E-state index is 12.6. The normalized spacial score (nSPS) is 11.4. The Kier molecular flexibility index (Phi) is 4.76. The van der Waals surface area contributed by atoms with Crippen LogP contribution in [0.5, 0.6) is 5.88 Å². The van der Waals surface area contributed by atoms with Crippen LogP contribution in [0.3, 0.4) is 0 Å². The van der Waals surface area contributed by atoms with E-state index < -0.39 is 0 Å². The molecule has 0 saturated carbocycles. The lowest BCUT2D eigenvalue weighted by atomic mass is 10.2. The highest BCUT2D eigenvalue weighted by Crippen LogP contribution is 2.19. The highest BCUT2D eigenvalue weighted by molar-refractivity contribution is 7.71. The second kappa shape index (κ2) is 6.98. The van der Waals surface area contributed by atoms with E-state index in [1.54, 1.807) is 6.20 Å². The molecule has 1 aromatic carbocycles. The third-order valence-corrected chi connectivity index (χ3v) is 4.43. The Morgan fingerprint density at radius 1 is 1.24 bits per heavy atom. The predicted molar refractivity (Wildman–Crippen MR) is 102 cm³/mol. The van der Waals surface area contributed by atoms with Gasteiger partial charge in [0.2, 0.25) is 5.88 Å². The summed E-state index contributed by atoms with van der Waals surface area (Å²) in [7, 11) is 0. The Bertz CT molecular complexity index is 1080. The molecular formula is C18H18N4O2S. The van der Waals surface area contributed by atoms with Crippen molar-refractivity contribution < 1.29 is 5.11 Å². The van der Waals surface area contributed by atoms with Crippen LogP contribution in [0, 0.1) is 4.77 Å². The van der Waals surface area contributed by atoms with Crippen LogP contribution in [0.4, 0.5) is 5.69 Å². The number of hydrogen-bond donors (Lipinski definition) is 1. The van der Waals surface area contributed by atoms with E-state index in [1.165, 1.54) is 15.3 Å². The van der Waals surface area contributed by atoms with E-state index in [-0.39, 0.29) is 17.0 Å². The number of nitrogens with zero attached hydrogens (tertiary/aromatic N) is 4. The van der Waals surface area contributed by atoms with Crippen molar-refractivity contribution >= 4 is 35.0 Å². The van der Waals surface area contributed by atoms with E-state index in [0.29, 0.717) is 23.5 Å². The number of aromatic hydroxyl groups is 1. The zero-order valence-corrected chi connectivity index (χ0v) is 14.8. The Balaban J connectivity index is 2.11. The smallest absolute Gasteiger partial charge is 0.267 e. The minimum atomic E-state index is -0.354. The standard InChI is InChI=1S/C18H18N4O2S/c1-3-21-16(23)14(17(24)22(4-2)18(21)25)11-19-13-9-12-7-5-6-8-15(12)20-10-13/h5-11,23H,3-4H2,1-2H3. The van der Waals surface area contributed by atoms with Gasteiger partial charge in [0.1, 0.15) is 5.56 Å². The Hall–Kier alpha value is -2.80. The Labute approximate surface area is 149 Å². The van der Waals surface area contributed by atoms with Gasteiger partial charge in [-0.15, -0.1) is 0 Å². The first kappa shape index (κ1) is 17.0. The van der Waals surface area contributed by atoms with Gasteiger partial charge in [0.15, 0.2) is 4.77 Å². The maximum Gasteiger partial charge on any atom is 0.267 e. The molecule has 0 aliphatic rings. The fourth-order valence-electron chi connectivity index (χ4n) is 2.66. The molecule has 2 aromatic heterocycles. The lowest BCUT2D eigenvalue weighted by Gasteiger charge is -2.13. The van der Waals surface area contributed by atoms with Crippen LogP contribution in [0.1, 0.15) is 19.4 Å². The van der Waals surface area contributed by atoms with Gasteiger partial charge in [-0.25, -0.2) is 0 Å². The van der Waals surface area contributed by atoms with Crippen molar-refractivity contribution in [1.82, 2.24) is 14.1 Å². The maximum atomic E-state index is 12.6. The Morgan fingerprint density at radius 2 is 1.96 bits per heavy atom. The molecule has 0 aliphatic carbocycles. The highest BCUT2D eigenvalue weighted by atomic mass is 32.1. The van der Waals surface area contributed by atoms with Crippen molar-refractivity contribution in [2.24, 2.45) is 4.99 Å². The van der Waals surface area contributed by atoms with Crippen LogP contribution in [0.15, 0.2) is 46.3 Å². The number of pyridine rings is 1. The van der Waals surface area contributed by atoms with E-state index in [0.717, 1.165) is 10.9 Å². The third kappa shape index (κ3) is 3.10. The van der Waals surface area contributed by atoms with Gasteiger partial charge < -0.3 is 5.11 Å². The van der Waals surface area contributed by atoms with Crippen LogP contribution in [-0.4, -0.2) is 25.4 Å². The second-order valence-electron chi connectivity index (χ2n) is 5.46. The summed E-state index contributed by atoms with van der Waals surface area (Å²) < 4.78 is 3.26. The van der Waals surface area contributed by atoms with E-state index in [9.17, 15) is 9.90 Å². The van der Waals surface area contributed by atoms with Crippen LogP contribution in [0.2, 0.25) is 0 Å². The Morgan fingerprint density at radius 3 is 2.68 bits per heavy atom. The molecule has 3 aromatic rings. The van der Waals surface area contributed by atoms with E-state index in [2.05, 4.69) is 9.98 Å². The van der Waals surface area contributed by atoms with Gasteiger partial charge in [-0.05, 0) is 38.2 Å². The average Bonchev–Trinajstić information content (AvgIpc) is 2.62. The fraction of sp³-hybridized carbons (Fsp3) is 0.222. The molecule has 0 amide bonds. The number of para-hydroxylation sites is 1. The predicted octanol–water partition coefficient (Wildman–Crippen LogP) is 3.42. The molecule has 3 rings (SSSR count). The molecule has 0 fully saturated rings. The number of hydrogen-bond acceptors (Lipinski definition) is 5. The molecule has 0 aliphatic heterocycles. The number of aromatic nitrogens is 3. The van der Waals surface area contributed by atoms with Crippen molar-refractivity contribution in [2.45, 2.75) is 26.9 Å². The first-order chi connectivity index (χ1) is 12.1. The minimum absolute atomic E-state index is 0.116. The number of aliphatic imine (C=N–C) groups is 1. The summed E-state index contributed by atoms with van der Waals surface area (Å²) in [6.45, 7) is 4.58. The van der Waals surface area contributed by atoms with Crippen molar-refractivity contribution in [1.29, 1.82) is 0 Å². The molecule has 7 heteroatoms. The quantitative estimate of drug-likeness (QED) is 0.575. The summed E-state index contributed by atoms with van der Waals surface area (Å²) in [6, 6.07) is 9.59. The van der Waals surface area contributed by atoms with Gasteiger partial charge in [0.05, 0.1) is 17.4 Å². The summed E-state index contributed by atoms with van der Waals surface area (Å²) in [4.78, 5) is 21.2. The molecule has 0 radical (unpaired) electrons. The highest BCUT2D eigenvalue weighted by Gasteiger charge is 2.13. The van der Waals surface area contributed by atoms with Crippen molar-refractivity contribution in [3.05, 3.63) is 57.2 Å². The van der Waals surface area contributed by atoms with Gasteiger partial charge in [-0.2, -0.15) is 0 Å². The summed E-state index contributed by atoms with van der Waals surface area (Å²) in [6.07, 6.45) is 3.00. The first-order valence-corrected chi connectivity index (χ1v) is 8.43.